The molecule has 1 unspecified atom stereocenters. The molecule has 2 rings (SSSR count). The average Bonchev–Trinajstić information content (AvgIpc) is 2.29. The van der Waals surface area contributed by atoms with E-state index in [0.717, 1.165) is 12.8 Å². The summed E-state index contributed by atoms with van der Waals surface area (Å²) < 4.78 is 0. The first-order valence-electron chi connectivity index (χ1n) is 6.51. The minimum absolute atomic E-state index is 0.0950. The van der Waals surface area contributed by atoms with Gasteiger partial charge < -0.3 is 0 Å². The van der Waals surface area contributed by atoms with E-state index in [4.69, 9.17) is 5.26 Å². The summed E-state index contributed by atoms with van der Waals surface area (Å²) >= 11 is 0. The van der Waals surface area contributed by atoms with Gasteiger partial charge in [-0.05, 0) is 30.2 Å². The molecule has 0 radical (unpaired) electrons. The third kappa shape index (κ3) is 2.52. The lowest BCUT2D eigenvalue weighted by Crippen LogP contribution is -2.36. The lowest BCUT2D eigenvalue weighted by atomic mass is 9.60. The van der Waals surface area contributed by atoms with E-state index < -0.39 is 0 Å². The van der Waals surface area contributed by atoms with Crippen LogP contribution in [0.2, 0.25) is 0 Å². The SMILES string of the molecule is CC1(C)CCCC(CC#N)(c2ccccc2)C1. The minimum atomic E-state index is 0.0950. The fraction of sp³-hybridized carbons (Fsp3) is 0.562. The largest absolute Gasteiger partial charge is 0.198 e. The van der Waals surface area contributed by atoms with Gasteiger partial charge in [0.25, 0.3) is 0 Å². The second-order valence-electron chi connectivity index (χ2n) is 6.18. The molecule has 1 aliphatic carbocycles. The van der Waals surface area contributed by atoms with Gasteiger partial charge in [0.15, 0.2) is 0 Å². The fourth-order valence-corrected chi connectivity index (χ4v) is 3.44. The van der Waals surface area contributed by atoms with Gasteiger partial charge in [-0.25, -0.2) is 0 Å². The Morgan fingerprint density at radius 2 is 1.88 bits per heavy atom. The highest BCUT2D eigenvalue weighted by Gasteiger charge is 2.40. The van der Waals surface area contributed by atoms with Crippen LogP contribution in [0.3, 0.4) is 0 Å². The molecular formula is C16H21N. The van der Waals surface area contributed by atoms with Crippen molar-refractivity contribution in [3.05, 3.63) is 35.9 Å². The smallest absolute Gasteiger partial charge is 0.0631 e. The lowest BCUT2D eigenvalue weighted by molar-refractivity contribution is 0.149. The zero-order valence-corrected chi connectivity index (χ0v) is 10.9. The molecule has 0 aliphatic heterocycles. The first-order chi connectivity index (χ1) is 8.08. The lowest BCUT2D eigenvalue weighted by Gasteiger charge is -2.44. The van der Waals surface area contributed by atoms with E-state index in [1.54, 1.807) is 0 Å². The molecule has 0 aromatic heterocycles. The molecule has 90 valence electrons. The van der Waals surface area contributed by atoms with Crippen molar-refractivity contribution >= 4 is 0 Å². The van der Waals surface area contributed by atoms with Crippen molar-refractivity contribution in [1.29, 1.82) is 5.26 Å². The Bertz CT molecular complexity index is 413. The maximum atomic E-state index is 9.17. The Kier molecular flexibility index (Phi) is 3.24. The van der Waals surface area contributed by atoms with Crippen molar-refractivity contribution in [2.75, 3.05) is 0 Å². The first-order valence-corrected chi connectivity index (χ1v) is 6.51. The monoisotopic (exact) mass is 227 g/mol. The molecular weight excluding hydrogens is 206 g/mol. The Labute approximate surface area is 104 Å². The summed E-state index contributed by atoms with van der Waals surface area (Å²) in [6.07, 6.45) is 5.47. The van der Waals surface area contributed by atoms with Crippen LogP contribution in [0.4, 0.5) is 0 Å². The number of rotatable bonds is 2. The van der Waals surface area contributed by atoms with E-state index >= 15 is 0 Å². The first kappa shape index (κ1) is 12.2. The van der Waals surface area contributed by atoms with Crippen LogP contribution in [-0.4, -0.2) is 0 Å². The molecule has 1 aromatic rings. The van der Waals surface area contributed by atoms with Crippen LogP contribution in [0, 0.1) is 16.7 Å². The second kappa shape index (κ2) is 4.53. The maximum Gasteiger partial charge on any atom is 0.0631 e. The summed E-state index contributed by atoms with van der Waals surface area (Å²) in [6.45, 7) is 4.67. The van der Waals surface area contributed by atoms with Gasteiger partial charge in [0.1, 0.15) is 0 Å². The molecule has 1 fully saturated rings. The number of nitriles is 1. The van der Waals surface area contributed by atoms with Crippen LogP contribution >= 0.6 is 0 Å². The van der Waals surface area contributed by atoms with Gasteiger partial charge in [0.05, 0.1) is 6.07 Å². The molecule has 0 spiro atoms. The van der Waals surface area contributed by atoms with Crippen molar-refractivity contribution in [3.8, 4) is 6.07 Å². The van der Waals surface area contributed by atoms with Crippen LogP contribution in [0.25, 0.3) is 0 Å². The molecule has 1 saturated carbocycles. The molecule has 1 nitrogen and oxygen atoms in total. The number of nitrogens with zero attached hydrogens (tertiary/aromatic N) is 1. The van der Waals surface area contributed by atoms with Gasteiger partial charge in [-0.3, -0.25) is 0 Å². The Balaban J connectivity index is 2.37. The molecule has 1 aliphatic rings. The molecule has 1 heteroatoms. The summed E-state index contributed by atoms with van der Waals surface area (Å²) in [4.78, 5) is 0. The predicted molar refractivity (Wildman–Crippen MR) is 70.6 cm³/mol. The Morgan fingerprint density at radius 3 is 2.47 bits per heavy atom. The van der Waals surface area contributed by atoms with E-state index in [1.165, 1.54) is 18.4 Å². The van der Waals surface area contributed by atoms with E-state index in [2.05, 4.69) is 50.2 Å². The maximum absolute atomic E-state index is 9.17. The number of benzene rings is 1. The van der Waals surface area contributed by atoms with Gasteiger partial charge >= 0.3 is 0 Å². The second-order valence-corrected chi connectivity index (χ2v) is 6.18. The van der Waals surface area contributed by atoms with Crippen LogP contribution in [0.1, 0.15) is 51.5 Å². The molecule has 1 aromatic carbocycles. The summed E-state index contributed by atoms with van der Waals surface area (Å²) in [7, 11) is 0. The third-order valence-electron chi connectivity index (χ3n) is 4.13. The van der Waals surface area contributed by atoms with Gasteiger partial charge in [-0.15, -0.1) is 0 Å². The van der Waals surface area contributed by atoms with Crippen LogP contribution in [-0.2, 0) is 5.41 Å². The summed E-state index contributed by atoms with van der Waals surface area (Å²) in [5, 5.41) is 9.17. The Morgan fingerprint density at radius 1 is 1.18 bits per heavy atom. The molecule has 0 bridgehead atoms. The van der Waals surface area contributed by atoms with Crippen molar-refractivity contribution < 1.29 is 0 Å². The topological polar surface area (TPSA) is 23.8 Å². The van der Waals surface area contributed by atoms with Crippen molar-refractivity contribution in [2.45, 2.75) is 51.4 Å². The van der Waals surface area contributed by atoms with Crippen LogP contribution < -0.4 is 0 Å². The molecule has 0 heterocycles. The van der Waals surface area contributed by atoms with Crippen LogP contribution in [0.5, 0.6) is 0 Å². The molecule has 1 atom stereocenters. The fourth-order valence-electron chi connectivity index (χ4n) is 3.44. The third-order valence-corrected chi connectivity index (χ3v) is 4.13. The van der Waals surface area contributed by atoms with Gasteiger partial charge in [-0.2, -0.15) is 5.26 Å². The number of hydrogen-bond donors (Lipinski definition) is 0. The normalized spacial score (nSPS) is 27.4. The van der Waals surface area contributed by atoms with Gasteiger partial charge in [0.2, 0.25) is 0 Å². The molecule has 0 saturated heterocycles. The van der Waals surface area contributed by atoms with E-state index in [9.17, 15) is 0 Å². The van der Waals surface area contributed by atoms with Gasteiger partial charge in [0, 0.05) is 11.8 Å². The van der Waals surface area contributed by atoms with Crippen LogP contribution in [0.15, 0.2) is 30.3 Å². The van der Waals surface area contributed by atoms with E-state index in [-0.39, 0.29) is 5.41 Å². The van der Waals surface area contributed by atoms with E-state index in [0.29, 0.717) is 11.8 Å². The Hall–Kier alpha value is -1.29. The average molecular weight is 227 g/mol. The minimum Gasteiger partial charge on any atom is -0.198 e. The van der Waals surface area contributed by atoms with Crippen molar-refractivity contribution in [2.24, 2.45) is 5.41 Å². The van der Waals surface area contributed by atoms with Crippen molar-refractivity contribution in [1.82, 2.24) is 0 Å². The predicted octanol–water partition coefficient (Wildman–Crippen LogP) is 4.44. The zero-order valence-electron chi connectivity index (χ0n) is 10.9. The highest BCUT2D eigenvalue weighted by molar-refractivity contribution is 5.28. The zero-order chi connectivity index (χ0) is 12.4. The highest BCUT2D eigenvalue weighted by Crippen LogP contribution is 2.49. The quantitative estimate of drug-likeness (QED) is 0.732. The summed E-state index contributed by atoms with van der Waals surface area (Å²) in [5.74, 6) is 0. The summed E-state index contributed by atoms with van der Waals surface area (Å²) in [5.41, 5.74) is 1.82. The van der Waals surface area contributed by atoms with Crippen molar-refractivity contribution in [3.63, 3.8) is 0 Å². The summed E-state index contributed by atoms with van der Waals surface area (Å²) in [6, 6.07) is 13.0. The molecule has 17 heavy (non-hydrogen) atoms. The van der Waals surface area contributed by atoms with E-state index in [1.807, 2.05) is 0 Å². The number of hydrogen-bond acceptors (Lipinski definition) is 1. The highest BCUT2D eigenvalue weighted by atomic mass is 14.4. The van der Waals surface area contributed by atoms with Gasteiger partial charge in [-0.1, -0.05) is 50.6 Å². The molecule has 0 amide bonds. The molecule has 0 N–H and O–H groups in total. The standard InChI is InChI=1S/C16H21N/c1-15(2)9-6-10-16(13-15,11-12-17)14-7-4-3-5-8-14/h3-5,7-8H,6,9-11,13H2,1-2H3.